The number of aromatic hydroxyl groups is 1. The van der Waals surface area contributed by atoms with Crippen LogP contribution in [-0.4, -0.2) is 70.0 Å². The van der Waals surface area contributed by atoms with Gasteiger partial charge in [-0.25, -0.2) is 13.4 Å². The molecule has 13 nitrogen and oxygen atoms in total. The van der Waals surface area contributed by atoms with Crippen LogP contribution in [0.3, 0.4) is 0 Å². The molecule has 2 fully saturated rings. The molecule has 7 aromatic carbocycles. The second-order valence-electron chi connectivity index (χ2n) is 30.0. The first-order valence-corrected chi connectivity index (χ1v) is 36.9. The molecule has 9 N–H and O–H groups in total. The molecule has 16 unspecified atom stereocenters. The first-order chi connectivity index (χ1) is 46.9. The molecule has 98 heavy (non-hydrogen) atoms. The summed E-state index contributed by atoms with van der Waals surface area (Å²) in [4.78, 5) is 5.26. The number of rotatable bonds is 11. The molecule has 18 rings (SSSR count). The zero-order chi connectivity index (χ0) is 66.6. The largest absolute Gasteiger partial charge is 1.00 e. The molecule has 16 atom stereocenters. The minimum Gasteiger partial charge on any atom is -0.748 e. The predicted octanol–water partition coefficient (Wildman–Crippen LogP) is 10.5. The van der Waals surface area contributed by atoms with Gasteiger partial charge in [0.05, 0.1) is 33.2 Å². The monoisotopic (exact) mass is 1340 g/mol. The number of aliphatic hydroxyl groups excluding tert-OH is 2. The molecular formula is C83H87N4NaO9S. The molecule has 11 aliphatic rings. The molecule has 15 heteroatoms. The molecule has 1 saturated heterocycles. The maximum Gasteiger partial charge on any atom is 1.00 e. The Morgan fingerprint density at radius 1 is 0.878 bits per heavy atom. The van der Waals surface area contributed by atoms with E-state index >= 15 is 0 Å². The molecular weight excluding hydrogens is 1250 g/mol. The van der Waals surface area contributed by atoms with Crippen LogP contribution in [0.1, 0.15) is 203 Å². The van der Waals surface area contributed by atoms with Crippen LogP contribution in [-0.2, 0) is 46.4 Å². The second-order valence-corrected chi connectivity index (χ2v) is 31.6. The number of allylic oxidation sites excluding steroid dienone is 2. The summed E-state index contributed by atoms with van der Waals surface area (Å²) in [6, 6.07) is 42.8. The van der Waals surface area contributed by atoms with E-state index in [4.69, 9.17) is 25.9 Å². The average molecular weight is 1340 g/mol. The van der Waals surface area contributed by atoms with Gasteiger partial charge < -0.3 is 51.2 Å². The van der Waals surface area contributed by atoms with Gasteiger partial charge in [0.15, 0.2) is 5.96 Å². The van der Waals surface area contributed by atoms with Crippen molar-refractivity contribution in [1.82, 2.24) is 5.32 Å². The molecule has 6 aliphatic carbocycles. The first kappa shape index (κ1) is 67.0. The van der Waals surface area contributed by atoms with E-state index in [1.807, 2.05) is 67.7 Å². The van der Waals surface area contributed by atoms with E-state index in [-0.39, 0.29) is 108 Å². The number of hydrogen-bond acceptors (Lipinski definition) is 11. The number of nitrogens with zero attached hydrogens (tertiary/aromatic N) is 1. The van der Waals surface area contributed by atoms with Crippen molar-refractivity contribution >= 4 is 39.0 Å². The summed E-state index contributed by atoms with van der Waals surface area (Å²) in [6.07, 6.45) is 17.0. The Bertz CT molecular complexity index is 4580. The van der Waals surface area contributed by atoms with Crippen LogP contribution in [0, 0.1) is 41.4 Å². The normalized spacial score (nSPS) is 30.3. The number of hydrogen-bond donors (Lipinski definition) is 7. The summed E-state index contributed by atoms with van der Waals surface area (Å²) < 4.78 is 58.4. The fourth-order valence-electron chi connectivity index (χ4n) is 19.9. The van der Waals surface area contributed by atoms with Crippen LogP contribution in [0.15, 0.2) is 156 Å². The number of aliphatic hydroxyl groups is 3. The Morgan fingerprint density at radius 2 is 1.68 bits per heavy atom. The van der Waals surface area contributed by atoms with Crippen molar-refractivity contribution in [3.05, 3.63) is 235 Å². The third-order valence-corrected chi connectivity index (χ3v) is 25.5. The van der Waals surface area contributed by atoms with Crippen LogP contribution in [0.2, 0.25) is 0 Å². The number of aryl methyl sites for hydroxylation is 1. The van der Waals surface area contributed by atoms with E-state index in [0.29, 0.717) is 74.8 Å². The Kier molecular flexibility index (Phi) is 18.2. The minimum atomic E-state index is -4.98. The summed E-state index contributed by atoms with van der Waals surface area (Å²) in [5.74, 6) is 4.38. The number of nitrogens with two attached hydrogens (primary N) is 2. The van der Waals surface area contributed by atoms with Crippen molar-refractivity contribution < 1.29 is 72.4 Å². The van der Waals surface area contributed by atoms with Crippen LogP contribution in [0.5, 0.6) is 11.5 Å². The summed E-state index contributed by atoms with van der Waals surface area (Å²) in [5.41, 5.74) is 26.8. The SMILES string of the molecule is CNCc1cc2cccc3c2c2c1CC1C=Cc4c(C5CCCC(O)(C(Cc6ccccc6)CC6(N=C(N)N)Oc7ccc8c(c7)CCC(C)C8CC(S(=O)(=O)[O-])C7C=C8CC(CC9CC(CO)CC#Cc%10cc(O)ccc%10C8O9)C7c7ccc6cc7)C5)ccc(c41)C(O)C2C=C3.[Na+]. The molecule has 10 bridgehead atoms. The van der Waals surface area contributed by atoms with Crippen molar-refractivity contribution in [2.75, 3.05) is 13.7 Å². The van der Waals surface area contributed by atoms with E-state index in [9.17, 15) is 33.4 Å². The Morgan fingerprint density at radius 3 is 2.48 bits per heavy atom. The topological polar surface area (TPSA) is 233 Å². The van der Waals surface area contributed by atoms with Crippen molar-refractivity contribution in [1.29, 1.82) is 0 Å². The Balaban J connectivity index is 0.00000784. The summed E-state index contributed by atoms with van der Waals surface area (Å²) in [5, 5.41) is 53.2. The summed E-state index contributed by atoms with van der Waals surface area (Å²) >= 11 is 0. The van der Waals surface area contributed by atoms with Gasteiger partial charge in [0.25, 0.3) is 0 Å². The molecule has 0 aromatic heterocycles. The maximum atomic E-state index is 14.5. The molecule has 500 valence electrons. The zero-order valence-corrected chi connectivity index (χ0v) is 59.1. The van der Waals surface area contributed by atoms with Crippen molar-refractivity contribution in [3.63, 3.8) is 0 Å². The number of benzene rings is 7. The van der Waals surface area contributed by atoms with Crippen molar-refractivity contribution in [2.45, 2.75) is 168 Å². The molecule has 0 spiro atoms. The van der Waals surface area contributed by atoms with Gasteiger partial charge in [-0.1, -0.05) is 146 Å². The van der Waals surface area contributed by atoms with Crippen LogP contribution < -0.4 is 51.1 Å². The Hall–Kier alpha value is -6.84. The number of guanidine groups is 1. The van der Waals surface area contributed by atoms with Gasteiger partial charge in [-0.15, -0.1) is 0 Å². The van der Waals surface area contributed by atoms with Gasteiger partial charge in [-0.05, 0) is 245 Å². The van der Waals surface area contributed by atoms with Gasteiger partial charge in [0.1, 0.15) is 17.6 Å². The molecule has 7 aromatic rings. The fourth-order valence-corrected chi connectivity index (χ4v) is 20.9. The average Bonchev–Trinajstić information content (AvgIpc) is 1.30. The van der Waals surface area contributed by atoms with E-state index in [1.165, 1.54) is 44.2 Å². The molecule has 5 heterocycles. The van der Waals surface area contributed by atoms with Crippen LogP contribution in [0.25, 0.3) is 22.9 Å². The van der Waals surface area contributed by atoms with Crippen LogP contribution in [0.4, 0.5) is 0 Å². The smallest absolute Gasteiger partial charge is 0.748 e. The van der Waals surface area contributed by atoms with Gasteiger partial charge in [0.2, 0.25) is 5.72 Å². The van der Waals surface area contributed by atoms with Gasteiger partial charge in [0, 0.05) is 54.5 Å². The van der Waals surface area contributed by atoms with Gasteiger partial charge in [-0.2, -0.15) is 0 Å². The van der Waals surface area contributed by atoms with Crippen molar-refractivity contribution in [2.24, 2.45) is 46.0 Å². The maximum absolute atomic E-state index is 14.5. The fraction of sp³-hybridized carbons (Fsp3) is 0.410. The molecule has 5 aliphatic heterocycles. The molecule has 0 radical (unpaired) electrons. The Labute approximate surface area is 598 Å². The minimum absolute atomic E-state index is 0. The third kappa shape index (κ3) is 12.1. The number of ether oxygens (including phenoxy) is 2. The standard InChI is InChI=1S/C83H88N4O9S.Na/c1-47-16-17-53-38-63-25-29-65(53)71(47)42-74(97(92,93)94)73-41-58-36-57(39-64-34-49(46-88)11-6-13-52-37-62(89)24-28-67(52)80(58)95-64)75(73)51-18-22-60(23-19-51)83(96-63,87-81(84)85)44-61(33-48-9-4-3-5-10-48)82(91)32-8-15-56(43-82)66-30-31-69-77-55(21-26-68(66)77)40-72-59(45-86-2)35-54-14-7-12-50-20-27-70(79(69)90)78(72)76(50)54;/h3-5,7,9-10,12,14,18-31,35,37-38,41,47,49,55-57,61,64,70-71,73-75,79-80,86,88-91H,8,11,15-17,32-34,36,39-40,42-46H2,1-2H3,(H4,84,85,87)(H,92,93,94);/q;+1/p-1. The van der Waals surface area contributed by atoms with Gasteiger partial charge in [-0.3, -0.25) is 0 Å². The van der Waals surface area contributed by atoms with E-state index in [2.05, 4.69) is 109 Å². The first-order valence-electron chi connectivity index (χ1n) is 35.4. The number of phenols is 1. The number of nitrogens with one attached hydrogen (secondary N) is 1. The van der Waals surface area contributed by atoms with Crippen molar-refractivity contribution in [3.8, 4) is 23.3 Å². The number of fused-ring (bicyclic) bond motifs is 8. The zero-order valence-electron chi connectivity index (χ0n) is 56.2. The number of aliphatic imine (C=N–C) groups is 1. The van der Waals surface area contributed by atoms with E-state index in [0.717, 1.165) is 70.2 Å². The quantitative estimate of drug-likeness (QED) is 0.0160. The molecule has 0 amide bonds. The van der Waals surface area contributed by atoms with E-state index < -0.39 is 56.7 Å². The predicted molar refractivity (Wildman–Crippen MR) is 379 cm³/mol. The van der Waals surface area contributed by atoms with Crippen LogP contribution >= 0.6 is 0 Å². The molecule has 1 saturated carbocycles. The summed E-state index contributed by atoms with van der Waals surface area (Å²) in [7, 11) is -2.98. The van der Waals surface area contributed by atoms with E-state index in [1.54, 1.807) is 12.1 Å². The third-order valence-electron chi connectivity index (χ3n) is 24.3. The van der Waals surface area contributed by atoms with Gasteiger partial charge >= 0.3 is 29.6 Å². The second kappa shape index (κ2) is 26.6. The summed E-state index contributed by atoms with van der Waals surface area (Å²) in [6.45, 7) is 2.78. The number of phenolic OH excluding ortho intramolecular Hbond substituents is 1.